The SMILES string of the molecule is Cc1cc(C(=O)N2CCC(Cn3c(C)cnc3-c3ccccc3)C2)n[nH]1. The van der Waals surface area contributed by atoms with E-state index < -0.39 is 0 Å². The third-order valence-corrected chi connectivity index (χ3v) is 5.03. The number of aromatic amines is 1. The minimum Gasteiger partial charge on any atom is -0.337 e. The molecule has 3 heterocycles. The minimum absolute atomic E-state index is 0.0162. The Bertz CT molecular complexity index is 911. The van der Waals surface area contributed by atoms with Crippen molar-refractivity contribution < 1.29 is 4.79 Å². The van der Waals surface area contributed by atoms with Crippen LogP contribution in [0, 0.1) is 19.8 Å². The predicted molar refractivity (Wildman–Crippen MR) is 99.7 cm³/mol. The second kappa shape index (κ2) is 6.78. The first kappa shape index (κ1) is 16.6. The largest absolute Gasteiger partial charge is 0.337 e. The van der Waals surface area contributed by atoms with Gasteiger partial charge in [0, 0.05) is 42.8 Å². The summed E-state index contributed by atoms with van der Waals surface area (Å²) in [5.41, 5.74) is 3.69. The summed E-state index contributed by atoms with van der Waals surface area (Å²) in [6.45, 7) is 6.41. The fraction of sp³-hybridized carbons (Fsp3) is 0.350. The van der Waals surface area contributed by atoms with E-state index in [0.29, 0.717) is 11.6 Å². The van der Waals surface area contributed by atoms with Crippen molar-refractivity contribution in [2.45, 2.75) is 26.8 Å². The van der Waals surface area contributed by atoms with Gasteiger partial charge in [-0.2, -0.15) is 5.10 Å². The topological polar surface area (TPSA) is 66.8 Å². The summed E-state index contributed by atoms with van der Waals surface area (Å²) in [6, 6.07) is 12.1. The molecule has 0 saturated carbocycles. The molecule has 3 aromatic rings. The lowest BCUT2D eigenvalue weighted by atomic mass is 10.1. The quantitative estimate of drug-likeness (QED) is 0.787. The summed E-state index contributed by atoms with van der Waals surface area (Å²) >= 11 is 0. The van der Waals surface area contributed by atoms with Crippen molar-refractivity contribution in [2.24, 2.45) is 5.92 Å². The highest BCUT2D eigenvalue weighted by atomic mass is 16.2. The van der Waals surface area contributed by atoms with Gasteiger partial charge in [-0.25, -0.2) is 4.98 Å². The molecule has 1 saturated heterocycles. The third-order valence-electron chi connectivity index (χ3n) is 5.03. The number of hydrogen-bond donors (Lipinski definition) is 1. The molecule has 0 spiro atoms. The molecule has 2 aromatic heterocycles. The summed E-state index contributed by atoms with van der Waals surface area (Å²) in [5, 5.41) is 6.94. The maximum absolute atomic E-state index is 12.6. The summed E-state index contributed by atoms with van der Waals surface area (Å²) in [6.07, 6.45) is 2.92. The highest BCUT2D eigenvalue weighted by Crippen LogP contribution is 2.25. The van der Waals surface area contributed by atoms with Crippen LogP contribution in [0.2, 0.25) is 0 Å². The van der Waals surface area contributed by atoms with Crippen molar-refractivity contribution in [3.05, 3.63) is 59.7 Å². The van der Waals surface area contributed by atoms with Crippen LogP contribution in [0.3, 0.4) is 0 Å². The summed E-state index contributed by atoms with van der Waals surface area (Å²) < 4.78 is 2.27. The molecule has 1 aliphatic rings. The van der Waals surface area contributed by atoms with E-state index in [1.165, 1.54) is 0 Å². The number of rotatable bonds is 4. The zero-order valence-corrected chi connectivity index (χ0v) is 15.1. The summed E-state index contributed by atoms with van der Waals surface area (Å²) in [4.78, 5) is 19.1. The Kier molecular flexibility index (Phi) is 4.32. The number of nitrogens with zero attached hydrogens (tertiary/aromatic N) is 4. The van der Waals surface area contributed by atoms with Crippen molar-refractivity contribution in [3.63, 3.8) is 0 Å². The molecule has 1 atom stereocenters. The number of aryl methyl sites for hydroxylation is 2. The first-order valence-corrected chi connectivity index (χ1v) is 9.00. The fourth-order valence-electron chi connectivity index (χ4n) is 3.62. The van der Waals surface area contributed by atoms with Crippen LogP contribution in [0.25, 0.3) is 11.4 Å². The Morgan fingerprint density at radius 1 is 1.27 bits per heavy atom. The molecule has 0 bridgehead atoms. The first-order valence-electron chi connectivity index (χ1n) is 9.00. The Morgan fingerprint density at radius 3 is 2.81 bits per heavy atom. The molecule has 4 rings (SSSR count). The monoisotopic (exact) mass is 349 g/mol. The van der Waals surface area contributed by atoms with Gasteiger partial charge in [0.2, 0.25) is 0 Å². The number of carbonyl (C=O) groups is 1. The van der Waals surface area contributed by atoms with Crippen LogP contribution in [-0.4, -0.2) is 43.6 Å². The third kappa shape index (κ3) is 3.14. The molecule has 1 N–H and O–H groups in total. The van der Waals surface area contributed by atoms with Gasteiger partial charge in [0.25, 0.3) is 5.91 Å². The van der Waals surface area contributed by atoms with Gasteiger partial charge in [0.1, 0.15) is 11.5 Å². The predicted octanol–water partition coefficient (Wildman–Crippen LogP) is 3.05. The Morgan fingerprint density at radius 2 is 2.08 bits per heavy atom. The van der Waals surface area contributed by atoms with E-state index in [2.05, 4.69) is 38.8 Å². The van der Waals surface area contributed by atoms with Gasteiger partial charge in [0.05, 0.1) is 0 Å². The fourth-order valence-corrected chi connectivity index (χ4v) is 3.62. The smallest absolute Gasteiger partial charge is 0.274 e. The van der Waals surface area contributed by atoms with E-state index in [1.807, 2.05) is 42.3 Å². The van der Waals surface area contributed by atoms with Crippen LogP contribution >= 0.6 is 0 Å². The lowest BCUT2D eigenvalue weighted by molar-refractivity contribution is 0.0780. The summed E-state index contributed by atoms with van der Waals surface area (Å²) in [7, 11) is 0. The van der Waals surface area contributed by atoms with Crippen LogP contribution < -0.4 is 0 Å². The highest BCUT2D eigenvalue weighted by molar-refractivity contribution is 5.92. The molecule has 0 aliphatic carbocycles. The van der Waals surface area contributed by atoms with Crippen LogP contribution in [0.4, 0.5) is 0 Å². The Hall–Kier alpha value is -2.89. The molecule has 1 aromatic carbocycles. The Balaban J connectivity index is 1.48. The second-order valence-electron chi connectivity index (χ2n) is 7.04. The maximum Gasteiger partial charge on any atom is 0.274 e. The standard InChI is InChI=1S/C20H23N5O/c1-14-10-18(23-22-14)20(26)24-9-8-16(12-24)13-25-15(2)11-21-19(25)17-6-4-3-5-7-17/h3-7,10-11,16H,8-9,12-13H2,1-2H3,(H,22,23). The molecular weight excluding hydrogens is 326 g/mol. The number of likely N-dealkylation sites (tertiary alicyclic amines) is 1. The van der Waals surface area contributed by atoms with E-state index >= 15 is 0 Å². The number of benzene rings is 1. The van der Waals surface area contributed by atoms with E-state index in [1.54, 1.807) is 0 Å². The minimum atomic E-state index is 0.0162. The zero-order chi connectivity index (χ0) is 18.1. The number of imidazole rings is 1. The van der Waals surface area contributed by atoms with Crippen molar-refractivity contribution >= 4 is 5.91 Å². The van der Waals surface area contributed by atoms with Gasteiger partial charge in [-0.1, -0.05) is 30.3 Å². The number of H-pyrrole nitrogens is 1. The zero-order valence-electron chi connectivity index (χ0n) is 15.1. The second-order valence-corrected chi connectivity index (χ2v) is 7.04. The average Bonchev–Trinajstić information content (AvgIpc) is 3.37. The van der Waals surface area contributed by atoms with Crippen molar-refractivity contribution in [2.75, 3.05) is 13.1 Å². The van der Waals surface area contributed by atoms with Gasteiger partial charge in [-0.3, -0.25) is 9.89 Å². The van der Waals surface area contributed by atoms with Crippen molar-refractivity contribution in [3.8, 4) is 11.4 Å². The van der Waals surface area contributed by atoms with Gasteiger partial charge >= 0.3 is 0 Å². The van der Waals surface area contributed by atoms with Gasteiger partial charge < -0.3 is 9.47 Å². The first-order chi connectivity index (χ1) is 12.6. The number of hydrogen-bond acceptors (Lipinski definition) is 3. The molecule has 134 valence electrons. The van der Waals surface area contributed by atoms with Crippen LogP contribution in [0.5, 0.6) is 0 Å². The molecule has 1 unspecified atom stereocenters. The van der Waals surface area contributed by atoms with E-state index in [-0.39, 0.29) is 5.91 Å². The molecule has 6 heteroatoms. The summed E-state index contributed by atoms with van der Waals surface area (Å²) in [5.74, 6) is 1.44. The number of aromatic nitrogens is 4. The van der Waals surface area contributed by atoms with Crippen LogP contribution in [-0.2, 0) is 6.54 Å². The molecule has 0 radical (unpaired) electrons. The molecule has 26 heavy (non-hydrogen) atoms. The molecular formula is C20H23N5O. The molecule has 1 aliphatic heterocycles. The lowest BCUT2D eigenvalue weighted by Gasteiger charge is -2.17. The molecule has 1 amide bonds. The van der Waals surface area contributed by atoms with E-state index in [9.17, 15) is 4.79 Å². The van der Waals surface area contributed by atoms with Crippen LogP contribution in [0.1, 0.15) is 28.3 Å². The molecule has 6 nitrogen and oxygen atoms in total. The number of nitrogens with one attached hydrogen (secondary N) is 1. The lowest BCUT2D eigenvalue weighted by Crippen LogP contribution is -2.29. The normalized spacial score (nSPS) is 17.0. The van der Waals surface area contributed by atoms with Crippen LogP contribution in [0.15, 0.2) is 42.6 Å². The Labute approximate surface area is 152 Å². The average molecular weight is 349 g/mol. The maximum atomic E-state index is 12.6. The van der Waals surface area contributed by atoms with Gasteiger partial charge in [0.15, 0.2) is 0 Å². The number of carbonyl (C=O) groups excluding carboxylic acids is 1. The van der Waals surface area contributed by atoms with Gasteiger partial charge in [-0.15, -0.1) is 0 Å². The van der Waals surface area contributed by atoms with E-state index in [4.69, 9.17) is 0 Å². The van der Waals surface area contributed by atoms with Gasteiger partial charge in [-0.05, 0) is 32.3 Å². The molecule has 1 fully saturated rings. The van der Waals surface area contributed by atoms with Crippen molar-refractivity contribution in [1.29, 1.82) is 0 Å². The highest BCUT2D eigenvalue weighted by Gasteiger charge is 2.29. The van der Waals surface area contributed by atoms with E-state index in [0.717, 1.165) is 48.8 Å². The number of amides is 1. The van der Waals surface area contributed by atoms with Crippen molar-refractivity contribution in [1.82, 2.24) is 24.6 Å².